The van der Waals surface area contributed by atoms with E-state index in [-0.39, 0.29) is 17.0 Å². The van der Waals surface area contributed by atoms with E-state index in [1.54, 1.807) is 24.3 Å². The molecule has 2 amide bonds. The summed E-state index contributed by atoms with van der Waals surface area (Å²) in [5.74, 6) is -0.270. The number of methoxy groups -OCH3 is 3. The van der Waals surface area contributed by atoms with Gasteiger partial charge < -0.3 is 19.5 Å². The Kier molecular flexibility index (Phi) is 6.23. The summed E-state index contributed by atoms with van der Waals surface area (Å²) in [6.45, 7) is 1.90. The fourth-order valence-corrected chi connectivity index (χ4v) is 3.74. The van der Waals surface area contributed by atoms with E-state index in [4.69, 9.17) is 14.2 Å². The summed E-state index contributed by atoms with van der Waals surface area (Å²) in [6, 6.07) is 15.6. The van der Waals surface area contributed by atoms with Gasteiger partial charge in [0.05, 0.1) is 38.3 Å². The van der Waals surface area contributed by atoms with Crippen LogP contribution in [-0.4, -0.2) is 33.1 Å². The molecule has 174 valence electrons. The van der Waals surface area contributed by atoms with E-state index in [0.29, 0.717) is 28.5 Å². The van der Waals surface area contributed by atoms with Crippen molar-refractivity contribution >= 4 is 28.8 Å². The lowest BCUT2D eigenvalue weighted by Crippen LogP contribution is -2.32. The van der Waals surface area contributed by atoms with E-state index in [9.17, 15) is 14.0 Å². The Morgan fingerprint density at radius 1 is 0.794 bits per heavy atom. The minimum Gasteiger partial charge on any atom is -0.497 e. The van der Waals surface area contributed by atoms with Crippen LogP contribution in [0.4, 0.5) is 15.8 Å². The second kappa shape index (κ2) is 9.27. The van der Waals surface area contributed by atoms with Crippen molar-refractivity contribution in [2.24, 2.45) is 0 Å². The van der Waals surface area contributed by atoms with Crippen molar-refractivity contribution in [2.75, 3.05) is 31.5 Å². The van der Waals surface area contributed by atoms with Gasteiger partial charge in [-0.3, -0.25) is 9.59 Å². The molecule has 1 aliphatic heterocycles. The van der Waals surface area contributed by atoms with Crippen molar-refractivity contribution < 1.29 is 28.2 Å². The minimum atomic E-state index is -0.580. The predicted octanol–water partition coefficient (Wildman–Crippen LogP) is 4.56. The first-order valence-electron chi connectivity index (χ1n) is 10.4. The Labute approximate surface area is 196 Å². The highest BCUT2D eigenvalue weighted by Gasteiger charge is 2.41. The molecule has 0 spiro atoms. The van der Waals surface area contributed by atoms with Crippen molar-refractivity contribution in [1.82, 2.24) is 0 Å². The molecule has 0 fully saturated rings. The lowest BCUT2D eigenvalue weighted by atomic mass is 10.0. The highest BCUT2D eigenvalue weighted by Crippen LogP contribution is 2.38. The summed E-state index contributed by atoms with van der Waals surface area (Å²) >= 11 is 0. The lowest BCUT2D eigenvalue weighted by Gasteiger charge is -2.18. The number of nitrogens with zero attached hydrogens (tertiary/aromatic N) is 1. The molecule has 3 aromatic rings. The largest absolute Gasteiger partial charge is 0.497 e. The molecule has 0 aromatic heterocycles. The minimum absolute atomic E-state index is 0.0438. The maximum absolute atomic E-state index is 13.6. The molecule has 0 unspecified atom stereocenters. The van der Waals surface area contributed by atoms with E-state index in [0.717, 1.165) is 10.5 Å². The van der Waals surface area contributed by atoms with Crippen LogP contribution in [0.3, 0.4) is 0 Å². The number of halogens is 1. The van der Waals surface area contributed by atoms with Crippen molar-refractivity contribution in [2.45, 2.75) is 6.92 Å². The fourth-order valence-electron chi connectivity index (χ4n) is 3.74. The van der Waals surface area contributed by atoms with Crippen LogP contribution >= 0.6 is 0 Å². The van der Waals surface area contributed by atoms with Crippen LogP contribution in [0.25, 0.3) is 5.57 Å². The zero-order chi connectivity index (χ0) is 24.4. The molecule has 8 heteroatoms. The molecular weight excluding hydrogens is 439 g/mol. The van der Waals surface area contributed by atoms with Gasteiger partial charge in [0.2, 0.25) is 0 Å². The summed E-state index contributed by atoms with van der Waals surface area (Å²) in [5, 5.41) is 3.09. The topological polar surface area (TPSA) is 77.1 Å². The number of anilines is 2. The summed E-state index contributed by atoms with van der Waals surface area (Å²) in [6.07, 6.45) is 0. The number of benzene rings is 3. The third-order valence-electron chi connectivity index (χ3n) is 5.43. The van der Waals surface area contributed by atoms with Gasteiger partial charge in [0.15, 0.2) is 0 Å². The van der Waals surface area contributed by atoms with E-state index in [1.165, 1.54) is 45.6 Å². The van der Waals surface area contributed by atoms with E-state index in [1.807, 2.05) is 19.1 Å². The summed E-state index contributed by atoms with van der Waals surface area (Å²) < 4.78 is 29.6. The zero-order valence-corrected chi connectivity index (χ0v) is 19.1. The van der Waals surface area contributed by atoms with Crippen molar-refractivity contribution in [3.8, 4) is 17.2 Å². The fraction of sp³-hybridized carbons (Fsp3) is 0.154. The van der Waals surface area contributed by atoms with Gasteiger partial charge in [-0.2, -0.15) is 0 Å². The van der Waals surface area contributed by atoms with Crippen LogP contribution in [0, 0.1) is 12.7 Å². The van der Waals surface area contributed by atoms with Crippen LogP contribution in [0.15, 0.2) is 66.4 Å². The molecule has 3 aromatic carbocycles. The number of ether oxygens (including phenoxy) is 3. The summed E-state index contributed by atoms with van der Waals surface area (Å²) in [4.78, 5) is 28.3. The third kappa shape index (κ3) is 4.17. The smallest absolute Gasteiger partial charge is 0.282 e. The number of aryl methyl sites for hydroxylation is 1. The van der Waals surface area contributed by atoms with Gasteiger partial charge in [0.1, 0.15) is 28.8 Å². The number of carbonyl (C=O) groups excluding carboxylic acids is 2. The molecule has 34 heavy (non-hydrogen) atoms. The van der Waals surface area contributed by atoms with Gasteiger partial charge in [-0.15, -0.1) is 0 Å². The number of nitrogens with one attached hydrogen (secondary N) is 1. The van der Waals surface area contributed by atoms with Crippen molar-refractivity contribution in [1.29, 1.82) is 0 Å². The molecule has 0 atom stereocenters. The van der Waals surface area contributed by atoms with Crippen molar-refractivity contribution in [3.05, 3.63) is 83.3 Å². The first kappa shape index (κ1) is 22.8. The summed E-state index contributed by atoms with van der Waals surface area (Å²) in [5.41, 5.74) is 2.27. The number of imide groups is 1. The highest BCUT2D eigenvalue weighted by atomic mass is 19.1. The first-order chi connectivity index (χ1) is 16.4. The van der Waals surface area contributed by atoms with Gasteiger partial charge in [-0.1, -0.05) is 18.2 Å². The van der Waals surface area contributed by atoms with E-state index < -0.39 is 17.6 Å². The van der Waals surface area contributed by atoms with Crippen LogP contribution in [0.5, 0.6) is 17.2 Å². The Hall–Kier alpha value is -4.33. The molecular formula is C26H23FN2O5. The maximum Gasteiger partial charge on any atom is 0.282 e. The first-order valence-corrected chi connectivity index (χ1v) is 10.4. The van der Waals surface area contributed by atoms with Crippen LogP contribution in [-0.2, 0) is 9.59 Å². The lowest BCUT2D eigenvalue weighted by molar-refractivity contribution is -0.120. The van der Waals surface area contributed by atoms with Crippen LogP contribution in [0.2, 0.25) is 0 Å². The van der Waals surface area contributed by atoms with Crippen LogP contribution < -0.4 is 24.4 Å². The molecule has 4 rings (SSSR count). The van der Waals surface area contributed by atoms with Gasteiger partial charge >= 0.3 is 0 Å². The van der Waals surface area contributed by atoms with E-state index in [2.05, 4.69) is 5.32 Å². The standard InChI is InChI=1S/C26H23FN2O5/c1-15-5-10-22(34-4)21(11-15)28-24-23(16-6-8-17(27)9-7-16)25(30)29(26(24)31)18-12-19(32-2)14-20(13-18)33-3/h5-14,28H,1-4H3. The second-order valence-corrected chi connectivity index (χ2v) is 7.60. The maximum atomic E-state index is 13.6. The Morgan fingerprint density at radius 3 is 2.03 bits per heavy atom. The average Bonchev–Trinajstić information content (AvgIpc) is 3.08. The number of hydrogen-bond acceptors (Lipinski definition) is 6. The molecule has 1 N–H and O–H groups in total. The van der Waals surface area contributed by atoms with Gasteiger partial charge in [0.25, 0.3) is 11.8 Å². The van der Waals surface area contributed by atoms with Crippen molar-refractivity contribution in [3.63, 3.8) is 0 Å². The second-order valence-electron chi connectivity index (χ2n) is 7.60. The molecule has 0 aliphatic carbocycles. The predicted molar refractivity (Wildman–Crippen MR) is 127 cm³/mol. The quantitative estimate of drug-likeness (QED) is 0.519. The molecule has 0 saturated heterocycles. The molecule has 0 bridgehead atoms. The highest BCUT2D eigenvalue weighted by molar-refractivity contribution is 6.46. The average molecular weight is 462 g/mol. The Morgan fingerprint density at radius 2 is 1.44 bits per heavy atom. The SMILES string of the molecule is COc1cc(OC)cc(N2C(=O)C(Nc3cc(C)ccc3OC)=C(c3ccc(F)cc3)C2=O)c1. The third-order valence-corrected chi connectivity index (χ3v) is 5.43. The molecule has 0 saturated carbocycles. The monoisotopic (exact) mass is 462 g/mol. The number of rotatable bonds is 7. The van der Waals surface area contributed by atoms with E-state index >= 15 is 0 Å². The molecule has 1 aliphatic rings. The van der Waals surface area contributed by atoms with Crippen LogP contribution in [0.1, 0.15) is 11.1 Å². The molecule has 7 nitrogen and oxygen atoms in total. The zero-order valence-electron chi connectivity index (χ0n) is 19.1. The van der Waals surface area contributed by atoms with Gasteiger partial charge in [-0.25, -0.2) is 9.29 Å². The Bertz CT molecular complexity index is 1280. The Balaban J connectivity index is 1.86. The number of carbonyl (C=O) groups is 2. The molecule has 0 radical (unpaired) electrons. The number of amides is 2. The van der Waals surface area contributed by atoms with Gasteiger partial charge in [0, 0.05) is 18.2 Å². The number of hydrogen-bond donors (Lipinski definition) is 1. The normalized spacial score (nSPS) is 13.4. The molecule has 1 heterocycles. The van der Waals surface area contributed by atoms with Gasteiger partial charge in [-0.05, 0) is 42.3 Å². The summed E-state index contributed by atoms with van der Waals surface area (Å²) in [7, 11) is 4.47.